The van der Waals surface area contributed by atoms with Gasteiger partial charge in [0.1, 0.15) is 12.1 Å². The number of allylic oxidation sites excluding steroid dienone is 1. The van der Waals surface area contributed by atoms with Crippen LogP contribution < -0.4 is 0 Å². The number of nitrogens with zero attached hydrogens (tertiary/aromatic N) is 3. The number of rotatable bonds is 4. The van der Waals surface area contributed by atoms with Gasteiger partial charge in [0.15, 0.2) is 5.70 Å². The van der Waals surface area contributed by atoms with Gasteiger partial charge in [-0.15, -0.1) is 5.11 Å². The Morgan fingerprint density at radius 3 is 2.40 bits per heavy atom. The van der Waals surface area contributed by atoms with E-state index in [2.05, 4.69) is 15.2 Å². The molecule has 6 heteroatoms. The maximum atomic E-state index is 12.7. The molecule has 20 heavy (non-hydrogen) atoms. The number of carbonyl (C=O) groups excluding carboxylic acids is 1. The van der Waals surface area contributed by atoms with Crippen molar-refractivity contribution in [2.75, 3.05) is 0 Å². The van der Waals surface area contributed by atoms with Gasteiger partial charge in [-0.2, -0.15) is 5.11 Å². The molecule has 0 amide bonds. The molecule has 0 aliphatic heterocycles. The van der Waals surface area contributed by atoms with Crippen molar-refractivity contribution in [1.82, 2.24) is 4.98 Å². The molecule has 0 unspecified atom stereocenters. The van der Waals surface area contributed by atoms with Gasteiger partial charge in [-0.3, -0.25) is 9.78 Å². The van der Waals surface area contributed by atoms with Crippen LogP contribution in [-0.2, 0) is 0 Å². The molecular weight excluding hydrogens is 261 g/mol. The largest absolute Gasteiger partial charge is 0.513 e. The van der Waals surface area contributed by atoms with Crippen molar-refractivity contribution in [1.29, 1.82) is 0 Å². The van der Waals surface area contributed by atoms with Gasteiger partial charge in [0.2, 0.25) is 5.78 Å². The summed E-state index contributed by atoms with van der Waals surface area (Å²) in [5.41, 5.74) is 0.479. The molecule has 0 aliphatic rings. The lowest BCUT2D eigenvalue weighted by Crippen LogP contribution is -2.01. The maximum absolute atomic E-state index is 12.7. The number of ketones is 1. The molecule has 1 N–H and O–H groups in total. The van der Waals surface area contributed by atoms with Gasteiger partial charge in [-0.1, -0.05) is 0 Å². The normalized spacial score (nSPS) is 11.8. The highest BCUT2D eigenvalue weighted by atomic mass is 19.1. The van der Waals surface area contributed by atoms with Gasteiger partial charge in [0.05, 0.1) is 5.69 Å². The summed E-state index contributed by atoms with van der Waals surface area (Å²) < 4.78 is 12.7. The molecule has 0 saturated heterocycles. The molecule has 2 aromatic rings. The highest BCUT2D eigenvalue weighted by molar-refractivity contribution is 6.08. The number of aromatic nitrogens is 1. The van der Waals surface area contributed by atoms with Gasteiger partial charge in [0, 0.05) is 18.0 Å². The molecule has 0 spiro atoms. The standard InChI is InChI=1S/C14H10FN3O2/c15-11-1-3-12(4-2-11)17-18-13(9-19)14(20)10-5-7-16-8-6-10/h1-9,19H/b13-9+,18-17?. The van der Waals surface area contributed by atoms with Crippen LogP contribution in [0.25, 0.3) is 0 Å². The van der Waals surface area contributed by atoms with Crippen LogP contribution in [0.5, 0.6) is 0 Å². The zero-order valence-corrected chi connectivity index (χ0v) is 10.3. The van der Waals surface area contributed by atoms with E-state index in [0.717, 1.165) is 0 Å². The Morgan fingerprint density at radius 1 is 1.15 bits per heavy atom. The molecule has 0 radical (unpaired) electrons. The molecule has 0 fully saturated rings. The molecule has 1 aromatic heterocycles. The molecule has 5 nitrogen and oxygen atoms in total. The summed E-state index contributed by atoms with van der Waals surface area (Å²) in [6.07, 6.45) is 3.49. The van der Waals surface area contributed by atoms with Crippen LogP contribution >= 0.6 is 0 Å². The fraction of sp³-hybridized carbons (Fsp3) is 0. The fourth-order valence-electron chi connectivity index (χ4n) is 1.40. The van der Waals surface area contributed by atoms with Crippen LogP contribution in [0.4, 0.5) is 10.1 Å². The van der Waals surface area contributed by atoms with Crippen LogP contribution in [0, 0.1) is 5.82 Å². The van der Waals surface area contributed by atoms with E-state index in [1.807, 2.05) is 0 Å². The topological polar surface area (TPSA) is 74.9 Å². The Kier molecular flexibility index (Phi) is 4.28. The minimum Gasteiger partial charge on any atom is -0.513 e. The number of hydrogen-bond acceptors (Lipinski definition) is 5. The number of hydrogen-bond donors (Lipinski definition) is 1. The van der Waals surface area contributed by atoms with E-state index in [1.54, 1.807) is 0 Å². The molecule has 0 saturated carbocycles. The first-order chi connectivity index (χ1) is 9.70. The number of halogens is 1. The molecule has 1 aromatic carbocycles. The Bertz CT molecular complexity index is 652. The van der Waals surface area contributed by atoms with E-state index in [-0.39, 0.29) is 5.70 Å². The molecule has 100 valence electrons. The zero-order chi connectivity index (χ0) is 14.4. The van der Waals surface area contributed by atoms with E-state index in [0.29, 0.717) is 17.5 Å². The Hall–Kier alpha value is -2.89. The minimum absolute atomic E-state index is 0.222. The number of aliphatic hydroxyl groups excluding tert-OH is 1. The molecule has 1 heterocycles. The second kappa shape index (κ2) is 6.33. The van der Waals surface area contributed by atoms with Crippen molar-refractivity contribution in [3.05, 3.63) is 72.1 Å². The number of Topliss-reactive ketones (excluding diaryl/α,β-unsaturated/α-hetero) is 1. The lowest BCUT2D eigenvalue weighted by atomic mass is 10.1. The van der Waals surface area contributed by atoms with Gasteiger partial charge in [-0.25, -0.2) is 4.39 Å². The SMILES string of the molecule is O=C(/C(=C\O)N=Nc1ccc(F)cc1)c1ccncc1. The summed E-state index contributed by atoms with van der Waals surface area (Å²) in [6, 6.07) is 8.26. The highest BCUT2D eigenvalue weighted by Crippen LogP contribution is 2.16. The predicted molar refractivity (Wildman–Crippen MR) is 70.2 cm³/mol. The predicted octanol–water partition coefficient (Wildman–Crippen LogP) is 3.59. The van der Waals surface area contributed by atoms with Gasteiger partial charge in [0.25, 0.3) is 0 Å². The van der Waals surface area contributed by atoms with Gasteiger partial charge < -0.3 is 5.11 Å². The van der Waals surface area contributed by atoms with Crippen LogP contribution in [0.3, 0.4) is 0 Å². The van der Waals surface area contributed by atoms with Crippen LogP contribution in [0.15, 0.2) is 71.0 Å². The van der Waals surface area contributed by atoms with Crippen molar-refractivity contribution in [3.63, 3.8) is 0 Å². The number of carbonyl (C=O) groups is 1. The fourth-order valence-corrected chi connectivity index (χ4v) is 1.40. The van der Waals surface area contributed by atoms with Crippen molar-refractivity contribution < 1.29 is 14.3 Å². The van der Waals surface area contributed by atoms with Crippen molar-refractivity contribution >= 4 is 11.5 Å². The third-order valence-electron chi connectivity index (χ3n) is 2.40. The van der Waals surface area contributed by atoms with Crippen LogP contribution in [0.1, 0.15) is 10.4 Å². The Morgan fingerprint density at radius 2 is 1.80 bits per heavy atom. The summed E-state index contributed by atoms with van der Waals surface area (Å²) >= 11 is 0. The van der Waals surface area contributed by atoms with E-state index in [1.165, 1.54) is 48.8 Å². The van der Waals surface area contributed by atoms with E-state index in [4.69, 9.17) is 5.11 Å². The van der Waals surface area contributed by atoms with Crippen molar-refractivity contribution in [2.24, 2.45) is 10.2 Å². The molecule has 0 bridgehead atoms. The maximum Gasteiger partial charge on any atom is 0.216 e. The monoisotopic (exact) mass is 271 g/mol. The second-order valence-corrected chi connectivity index (χ2v) is 3.76. The average Bonchev–Trinajstić information content (AvgIpc) is 2.50. The van der Waals surface area contributed by atoms with Crippen LogP contribution in [0.2, 0.25) is 0 Å². The minimum atomic E-state index is -0.485. The number of aliphatic hydroxyl groups is 1. The summed E-state index contributed by atoms with van der Waals surface area (Å²) in [7, 11) is 0. The van der Waals surface area contributed by atoms with E-state index < -0.39 is 11.6 Å². The molecule has 2 rings (SSSR count). The molecule has 0 atom stereocenters. The first kappa shape index (κ1) is 13.5. The zero-order valence-electron chi connectivity index (χ0n) is 10.3. The number of pyridine rings is 1. The Balaban J connectivity index is 2.18. The quantitative estimate of drug-likeness (QED) is 0.399. The summed E-state index contributed by atoms with van der Waals surface area (Å²) in [5, 5.41) is 16.5. The molecular formula is C14H10FN3O2. The third kappa shape index (κ3) is 3.32. The summed E-state index contributed by atoms with van der Waals surface area (Å²) in [6.45, 7) is 0. The second-order valence-electron chi connectivity index (χ2n) is 3.76. The first-order valence-corrected chi connectivity index (χ1v) is 5.67. The highest BCUT2D eigenvalue weighted by Gasteiger charge is 2.11. The van der Waals surface area contributed by atoms with E-state index in [9.17, 15) is 9.18 Å². The van der Waals surface area contributed by atoms with E-state index >= 15 is 0 Å². The third-order valence-corrected chi connectivity index (χ3v) is 2.40. The lowest BCUT2D eigenvalue weighted by molar-refractivity contribution is 0.102. The average molecular weight is 271 g/mol. The van der Waals surface area contributed by atoms with Crippen molar-refractivity contribution in [2.45, 2.75) is 0 Å². The number of benzene rings is 1. The van der Waals surface area contributed by atoms with Gasteiger partial charge >= 0.3 is 0 Å². The smallest absolute Gasteiger partial charge is 0.216 e. The number of azo groups is 1. The first-order valence-electron chi connectivity index (χ1n) is 5.67. The summed E-state index contributed by atoms with van der Waals surface area (Å²) in [4.78, 5) is 15.8. The van der Waals surface area contributed by atoms with Crippen LogP contribution in [-0.4, -0.2) is 15.9 Å². The van der Waals surface area contributed by atoms with Gasteiger partial charge in [-0.05, 0) is 36.4 Å². The molecule has 0 aliphatic carbocycles. The lowest BCUT2D eigenvalue weighted by Gasteiger charge is -1.98. The summed E-state index contributed by atoms with van der Waals surface area (Å²) in [5.74, 6) is -0.879. The Labute approximate surface area is 114 Å². The van der Waals surface area contributed by atoms with Crippen molar-refractivity contribution in [3.8, 4) is 0 Å².